The van der Waals surface area contributed by atoms with Gasteiger partial charge in [-0.1, -0.05) is 31.9 Å². The van der Waals surface area contributed by atoms with E-state index in [0.717, 1.165) is 24.1 Å². The molecule has 1 saturated carbocycles. The first kappa shape index (κ1) is 16.0. The highest BCUT2D eigenvalue weighted by Crippen LogP contribution is 2.28. The van der Waals surface area contributed by atoms with Crippen molar-refractivity contribution in [3.8, 4) is 0 Å². The normalized spacial score (nSPS) is 23.6. The van der Waals surface area contributed by atoms with E-state index in [4.69, 9.17) is 0 Å². The quantitative estimate of drug-likeness (QED) is 0.855. The molecule has 0 bridgehead atoms. The van der Waals surface area contributed by atoms with E-state index in [1.54, 1.807) is 6.92 Å². The molecule has 0 heterocycles. The Labute approximate surface area is 128 Å². The summed E-state index contributed by atoms with van der Waals surface area (Å²) in [5, 5.41) is 6.49. The molecule has 116 valence electrons. The minimum absolute atomic E-state index is 0.0240. The number of hydrogen-bond donors (Lipinski definition) is 2. The molecule has 0 saturated heterocycles. The van der Waals surface area contributed by atoms with Gasteiger partial charge in [0.05, 0.1) is 0 Å². The van der Waals surface area contributed by atoms with E-state index in [1.807, 2.05) is 12.1 Å². The van der Waals surface area contributed by atoms with E-state index in [0.29, 0.717) is 6.04 Å². The predicted octanol–water partition coefficient (Wildman–Crippen LogP) is 4.12. The molecule has 1 amide bonds. The van der Waals surface area contributed by atoms with Crippen LogP contribution in [0, 0.1) is 11.8 Å². The zero-order chi connectivity index (χ0) is 15.2. The van der Waals surface area contributed by atoms with Gasteiger partial charge in [0.2, 0.25) is 5.91 Å². The van der Waals surface area contributed by atoms with Crippen molar-refractivity contribution in [2.24, 2.45) is 11.8 Å². The van der Waals surface area contributed by atoms with Crippen molar-refractivity contribution >= 4 is 11.6 Å². The van der Waals surface area contributed by atoms with Crippen LogP contribution in [0.15, 0.2) is 24.3 Å². The van der Waals surface area contributed by atoms with Crippen LogP contribution in [0.3, 0.4) is 0 Å². The Balaban J connectivity index is 1.85. The van der Waals surface area contributed by atoms with Gasteiger partial charge in [0.25, 0.3) is 0 Å². The van der Waals surface area contributed by atoms with Gasteiger partial charge in [-0.3, -0.25) is 4.79 Å². The average molecular weight is 288 g/mol. The highest BCUT2D eigenvalue weighted by molar-refractivity contribution is 5.88. The molecule has 1 fully saturated rings. The molecule has 1 aromatic rings. The van der Waals surface area contributed by atoms with Gasteiger partial charge in [-0.05, 0) is 55.8 Å². The first-order valence-corrected chi connectivity index (χ1v) is 8.15. The lowest BCUT2D eigenvalue weighted by Crippen LogP contribution is -2.28. The zero-order valence-corrected chi connectivity index (χ0v) is 13.5. The largest absolute Gasteiger partial charge is 0.326 e. The molecule has 3 nitrogen and oxygen atoms in total. The van der Waals surface area contributed by atoms with Crippen LogP contribution in [0.4, 0.5) is 5.69 Å². The smallest absolute Gasteiger partial charge is 0.221 e. The Bertz CT molecular complexity index is 464. The van der Waals surface area contributed by atoms with Crippen molar-refractivity contribution in [1.29, 1.82) is 0 Å². The Hall–Kier alpha value is -1.35. The van der Waals surface area contributed by atoms with Crippen LogP contribution in [0.1, 0.15) is 58.1 Å². The number of nitrogens with one attached hydrogen (secondary N) is 2. The molecule has 1 aromatic carbocycles. The number of anilines is 1. The van der Waals surface area contributed by atoms with Crippen LogP contribution in [-0.4, -0.2) is 12.5 Å². The summed E-state index contributed by atoms with van der Waals surface area (Å²) in [7, 11) is 0. The summed E-state index contributed by atoms with van der Waals surface area (Å²) in [5.41, 5.74) is 2.10. The maximum absolute atomic E-state index is 11.1. The van der Waals surface area contributed by atoms with Gasteiger partial charge in [0, 0.05) is 18.7 Å². The highest BCUT2D eigenvalue weighted by Gasteiger charge is 2.18. The summed E-state index contributed by atoms with van der Waals surface area (Å²) in [6.07, 6.45) is 5.46. The molecule has 0 aliphatic heterocycles. The van der Waals surface area contributed by atoms with Crippen LogP contribution in [0.2, 0.25) is 0 Å². The van der Waals surface area contributed by atoms with Gasteiger partial charge < -0.3 is 10.6 Å². The summed E-state index contributed by atoms with van der Waals surface area (Å²) in [5.74, 6) is 1.71. The lowest BCUT2D eigenvalue weighted by atomic mass is 9.83. The molecule has 1 aliphatic carbocycles. The molecule has 1 atom stereocenters. The second-order valence-electron chi connectivity index (χ2n) is 6.56. The van der Waals surface area contributed by atoms with Crippen LogP contribution in [0.5, 0.6) is 0 Å². The van der Waals surface area contributed by atoms with Crippen LogP contribution in [-0.2, 0) is 4.79 Å². The van der Waals surface area contributed by atoms with Gasteiger partial charge in [-0.15, -0.1) is 0 Å². The van der Waals surface area contributed by atoms with Crippen LogP contribution < -0.4 is 10.6 Å². The van der Waals surface area contributed by atoms with E-state index in [-0.39, 0.29) is 5.91 Å². The second-order valence-corrected chi connectivity index (χ2v) is 6.56. The second kappa shape index (κ2) is 7.60. The molecule has 2 N–H and O–H groups in total. The van der Waals surface area contributed by atoms with Gasteiger partial charge in [0.1, 0.15) is 0 Å². The molecule has 1 aliphatic rings. The van der Waals surface area contributed by atoms with Crippen molar-refractivity contribution in [3.05, 3.63) is 29.8 Å². The minimum Gasteiger partial charge on any atom is -0.326 e. The third-order valence-corrected chi connectivity index (χ3v) is 4.56. The molecular formula is C18H28N2O. The lowest BCUT2D eigenvalue weighted by molar-refractivity contribution is -0.114. The molecule has 21 heavy (non-hydrogen) atoms. The Morgan fingerprint density at radius 1 is 1.29 bits per heavy atom. The third kappa shape index (κ3) is 5.16. The summed E-state index contributed by atoms with van der Waals surface area (Å²) < 4.78 is 0. The number of carbonyl (C=O) groups is 1. The van der Waals surface area contributed by atoms with Gasteiger partial charge in [0.15, 0.2) is 0 Å². The average Bonchev–Trinajstić information content (AvgIpc) is 2.46. The Kier molecular flexibility index (Phi) is 5.80. The fourth-order valence-corrected chi connectivity index (χ4v) is 3.08. The van der Waals surface area contributed by atoms with Crippen molar-refractivity contribution in [2.75, 3.05) is 11.9 Å². The van der Waals surface area contributed by atoms with Crippen molar-refractivity contribution in [2.45, 2.75) is 52.5 Å². The topological polar surface area (TPSA) is 41.1 Å². The fraction of sp³-hybridized carbons (Fsp3) is 0.611. The molecule has 0 radical (unpaired) electrons. The molecule has 1 unspecified atom stereocenters. The number of hydrogen-bond acceptors (Lipinski definition) is 2. The van der Waals surface area contributed by atoms with Crippen molar-refractivity contribution in [1.82, 2.24) is 5.32 Å². The summed E-state index contributed by atoms with van der Waals surface area (Å²) in [6.45, 7) is 7.19. The molecule has 2 rings (SSSR count). The van der Waals surface area contributed by atoms with Crippen molar-refractivity contribution in [3.63, 3.8) is 0 Å². The molecule has 3 heteroatoms. The SMILES string of the molecule is CC(=O)Nc1cccc(C(C)NCC2CCC(C)CC2)c1. The van der Waals surface area contributed by atoms with E-state index < -0.39 is 0 Å². The number of carbonyl (C=O) groups excluding carboxylic acids is 1. The standard InChI is InChI=1S/C18H28N2O/c1-13-7-9-16(10-8-13)12-19-14(2)17-5-4-6-18(11-17)20-15(3)21/h4-6,11,13-14,16,19H,7-10,12H2,1-3H3,(H,20,21). The van der Waals surface area contributed by atoms with Gasteiger partial charge >= 0.3 is 0 Å². The fourth-order valence-electron chi connectivity index (χ4n) is 3.08. The monoisotopic (exact) mass is 288 g/mol. The van der Waals surface area contributed by atoms with Crippen molar-refractivity contribution < 1.29 is 4.79 Å². The number of amides is 1. The number of rotatable bonds is 5. The first-order chi connectivity index (χ1) is 10.0. The zero-order valence-electron chi connectivity index (χ0n) is 13.5. The van der Waals surface area contributed by atoms with Crippen LogP contribution >= 0.6 is 0 Å². The van der Waals surface area contributed by atoms with Gasteiger partial charge in [-0.25, -0.2) is 0 Å². The lowest BCUT2D eigenvalue weighted by Gasteiger charge is -2.27. The predicted molar refractivity (Wildman–Crippen MR) is 88.3 cm³/mol. The summed E-state index contributed by atoms with van der Waals surface area (Å²) in [4.78, 5) is 11.1. The van der Waals surface area contributed by atoms with Gasteiger partial charge in [-0.2, -0.15) is 0 Å². The minimum atomic E-state index is -0.0240. The maximum Gasteiger partial charge on any atom is 0.221 e. The Morgan fingerprint density at radius 2 is 2.00 bits per heavy atom. The van der Waals surface area contributed by atoms with E-state index in [2.05, 4.69) is 36.6 Å². The molecular weight excluding hydrogens is 260 g/mol. The molecule has 0 aromatic heterocycles. The summed E-state index contributed by atoms with van der Waals surface area (Å²) in [6, 6.07) is 8.42. The third-order valence-electron chi connectivity index (χ3n) is 4.56. The first-order valence-electron chi connectivity index (χ1n) is 8.15. The van der Waals surface area contributed by atoms with E-state index >= 15 is 0 Å². The summed E-state index contributed by atoms with van der Waals surface area (Å²) >= 11 is 0. The Morgan fingerprint density at radius 3 is 2.67 bits per heavy atom. The maximum atomic E-state index is 11.1. The van der Waals surface area contributed by atoms with E-state index in [9.17, 15) is 4.79 Å². The van der Waals surface area contributed by atoms with Crippen LogP contribution in [0.25, 0.3) is 0 Å². The van der Waals surface area contributed by atoms with E-state index in [1.165, 1.54) is 31.2 Å². The molecule has 0 spiro atoms. The number of benzene rings is 1. The highest BCUT2D eigenvalue weighted by atomic mass is 16.1.